The smallest absolute Gasteiger partial charge is 0.137 e. The van der Waals surface area contributed by atoms with Crippen molar-refractivity contribution in [2.24, 2.45) is 5.73 Å². The van der Waals surface area contributed by atoms with E-state index in [1.807, 2.05) is 37.3 Å². The van der Waals surface area contributed by atoms with Crippen LogP contribution in [0.2, 0.25) is 0 Å². The summed E-state index contributed by atoms with van der Waals surface area (Å²) in [5.74, 6) is 1.49. The molecule has 0 bridgehead atoms. The van der Waals surface area contributed by atoms with Crippen LogP contribution in [0, 0.1) is 13.8 Å². The maximum atomic E-state index is 5.95. The zero-order valence-corrected chi connectivity index (χ0v) is 13.1. The summed E-state index contributed by atoms with van der Waals surface area (Å²) < 4.78 is 6.87. The summed E-state index contributed by atoms with van der Waals surface area (Å²) in [6, 6.07) is 11.6. The molecule has 2 aromatic rings. The first kappa shape index (κ1) is 14.0. The van der Waals surface area contributed by atoms with Gasteiger partial charge in [-0.1, -0.05) is 40.3 Å². The largest absolute Gasteiger partial charge is 0.456 e. The van der Waals surface area contributed by atoms with Crippen LogP contribution in [0.5, 0.6) is 11.5 Å². The molecule has 0 amide bonds. The highest BCUT2D eigenvalue weighted by molar-refractivity contribution is 9.10. The summed E-state index contributed by atoms with van der Waals surface area (Å²) >= 11 is 8.47. The zero-order chi connectivity index (χ0) is 14.0. The lowest BCUT2D eigenvalue weighted by Crippen LogP contribution is -2.11. The second-order valence-corrected chi connectivity index (χ2v) is 5.66. The molecule has 98 valence electrons. The minimum Gasteiger partial charge on any atom is -0.456 e. The molecule has 0 heterocycles. The summed E-state index contributed by atoms with van der Waals surface area (Å²) in [6.07, 6.45) is 0. The number of hydrogen-bond donors (Lipinski definition) is 1. The lowest BCUT2D eigenvalue weighted by molar-refractivity contribution is 0.477. The molecule has 0 fully saturated rings. The fourth-order valence-electron chi connectivity index (χ4n) is 1.74. The van der Waals surface area contributed by atoms with Gasteiger partial charge < -0.3 is 10.5 Å². The molecule has 0 aliphatic carbocycles. The van der Waals surface area contributed by atoms with Gasteiger partial charge in [-0.2, -0.15) is 0 Å². The molecule has 0 saturated carbocycles. The molecule has 0 aliphatic rings. The van der Waals surface area contributed by atoms with Crippen molar-refractivity contribution in [3.63, 3.8) is 0 Å². The normalized spacial score (nSPS) is 10.3. The van der Waals surface area contributed by atoms with Crippen LogP contribution >= 0.6 is 28.1 Å². The Morgan fingerprint density at radius 1 is 1.16 bits per heavy atom. The highest BCUT2D eigenvalue weighted by Crippen LogP contribution is 2.30. The van der Waals surface area contributed by atoms with Crippen LogP contribution < -0.4 is 10.5 Å². The van der Waals surface area contributed by atoms with E-state index in [1.165, 1.54) is 5.56 Å². The van der Waals surface area contributed by atoms with E-state index in [2.05, 4.69) is 28.9 Å². The summed E-state index contributed by atoms with van der Waals surface area (Å²) in [7, 11) is 0. The number of thiocarbonyl (C=S) groups is 1. The number of halogens is 1. The van der Waals surface area contributed by atoms with Gasteiger partial charge in [-0.25, -0.2) is 0 Å². The lowest BCUT2D eigenvalue weighted by atomic mass is 10.1. The summed E-state index contributed by atoms with van der Waals surface area (Å²) in [5.41, 5.74) is 8.76. The van der Waals surface area contributed by atoms with Gasteiger partial charge in [-0.05, 0) is 49.2 Å². The maximum Gasteiger partial charge on any atom is 0.137 e. The molecule has 0 aliphatic heterocycles. The Hall–Kier alpha value is -1.39. The van der Waals surface area contributed by atoms with Gasteiger partial charge in [0.15, 0.2) is 0 Å². The van der Waals surface area contributed by atoms with E-state index < -0.39 is 0 Å². The average molecular weight is 336 g/mol. The molecule has 2 N–H and O–H groups in total. The molecule has 2 nitrogen and oxygen atoms in total. The Bertz CT molecular complexity index is 640. The van der Waals surface area contributed by atoms with Crippen molar-refractivity contribution in [1.82, 2.24) is 0 Å². The van der Waals surface area contributed by atoms with Crippen molar-refractivity contribution in [2.45, 2.75) is 13.8 Å². The van der Waals surface area contributed by atoms with E-state index in [0.717, 1.165) is 21.3 Å². The van der Waals surface area contributed by atoms with Crippen LogP contribution in [0.3, 0.4) is 0 Å². The Morgan fingerprint density at radius 2 is 1.89 bits per heavy atom. The van der Waals surface area contributed by atoms with Gasteiger partial charge in [-0.3, -0.25) is 0 Å². The molecule has 4 heteroatoms. The molecule has 0 spiro atoms. The Morgan fingerprint density at radius 3 is 2.58 bits per heavy atom. The molecule has 2 aromatic carbocycles. The highest BCUT2D eigenvalue weighted by atomic mass is 79.9. The summed E-state index contributed by atoms with van der Waals surface area (Å²) in [5, 5.41) is 0. The average Bonchev–Trinajstić information content (AvgIpc) is 2.36. The Labute approximate surface area is 126 Å². The third-order valence-corrected chi connectivity index (χ3v) is 3.70. The van der Waals surface area contributed by atoms with Crippen molar-refractivity contribution in [3.05, 3.63) is 57.6 Å². The molecule has 2 rings (SSSR count). The first-order chi connectivity index (χ1) is 8.99. The number of rotatable bonds is 3. The third kappa shape index (κ3) is 3.14. The molecule has 0 radical (unpaired) electrons. The number of aryl methyl sites for hydroxylation is 1. The van der Waals surface area contributed by atoms with Crippen LogP contribution in [0.1, 0.15) is 16.7 Å². The standard InChI is InChI=1S/C15H14BrNOS/c1-9-4-3-5-13(10(9)2)18-14-7-6-11(16)8-12(14)15(17)19/h3-8H,1-2H3,(H2,17,19). The minimum absolute atomic E-state index is 0.321. The number of ether oxygens (including phenoxy) is 1. The zero-order valence-electron chi connectivity index (χ0n) is 10.7. The molecule has 19 heavy (non-hydrogen) atoms. The van der Waals surface area contributed by atoms with Crippen LogP contribution in [0.4, 0.5) is 0 Å². The van der Waals surface area contributed by atoms with Gasteiger partial charge in [-0.15, -0.1) is 0 Å². The van der Waals surface area contributed by atoms with Gasteiger partial charge in [0.25, 0.3) is 0 Å². The van der Waals surface area contributed by atoms with E-state index in [4.69, 9.17) is 22.7 Å². The van der Waals surface area contributed by atoms with Crippen molar-refractivity contribution in [1.29, 1.82) is 0 Å². The molecular formula is C15H14BrNOS. The van der Waals surface area contributed by atoms with Crippen LogP contribution in [-0.4, -0.2) is 4.99 Å². The Balaban J connectivity index is 2.44. The minimum atomic E-state index is 0.321. The van der Waals surface area contributed by atoms with Crippen LogP contribution in [-0.2, 0) is 0 Å². The van der Waals surface area contributed by atoms with E-state index in [-0.39, 0.29) is 0 Å². The molecule has 0 unspecified atom stereocenters. The second kappa shape index (κ2) is 5.72. The first-order valence-electron chi connectivity index (χ1n) is 5.82. The van der Waals surface area contributed by atoms with Crippen molar-refractivity contribution in [3.8, 4) is 11.5 Å². The SMILES string of the molecule is Cc1cccc(Oc2ccc(Br)cc2C(N)=S)c1C. The molecular weight excluding hydrogens is 322 g/mol. The van der Waals surface area contributed by atoms with Gasteiger partial charge in [0.1, 0.15) is 16.5 Å². The quantitative estimate of drug-likeness (QED) is 0.839. The second-order valence-electron chi connectivity index (χ2n) is 4.30. The Kier molecular flexibility index (Phi) is 4.22. The van der Waals surface area contributed by atoms with Crippen LogP contribution in [0.15, 0.2) is 40.9 Å². The number of benzene rings is 2. The van der Waals surface area contributed by atoms with Gasteiger partial charge >= 0.3 is 0 Å². The number of hydrogen-bond acceptors (Lipinski definition) is 2. The monoisotopic (exact) mass is 335 g/mol. The molecule has 0 saturated heterocycles. The van der Waals surface area contributed by atoms with E-state index >= 15 is 0 Å². The third-order valence-electron chi connectivity index (χ3n) is 2.98. The summed E-state index contributed by atoms with van der Waals surface area (Å²) in [6.45, 7) is 4.09. The fourth-order valence-corrected chi connectivity index (χ4v) is 2.26. The van der Waals surface area contributed by atoms with E-state index in [9.17, 15) is 0 Å². The van der Waals surface area contributed by atoms with E-state index in [1.54, 1.807) is 0 Å². The van der Waals surface area contributed by atoms with Gasteiger partial charge in [0.2, 0.25) is 0 Å². The highest BCUT2D eigenvalue weighted by Gasteiger charge is 2.10. The van der Waals surface area contributed by atoms with Crippen LogP contribution in [0.25, 0.3) is 0 Å². The van der Waals surface area contributed by atoms with Crippen molar-refractivity contribution < 1.29 is 4.74 Å². The predicted octanol–water partition coefficient (Wildman–Crippen LogP) is 4.49. The van der Waals surface area contributed by atoms with Crippen molar-refractivity contribution >= 4 is 33.1 Å². The topological polar surface area (TPSA) is 35.2 Å². The fraction of sp³-hybridized carbons (Fsp3) is 0.133. The van der Waals surface area contributed by atoms with Gasteiger partial charge in [0.05, 0.1) is 5.56 Å². The maximum absolute atomic E-state index is 5.95. The molecule has 0 aromatic heterocycles. The molecule has 0 atom stereocenters. The van der Waals surface area contributed by atoms with Gasteiger partial charge in [0, 0.05) is 4.47 Å². The predicted molar refractivity (Wildman–Crippen MR) is 86.0 cm³/mol. The lowest BCUT2D eigenvalue weighted by Gasteiger charge is -2.13. The number of nitrogens with two attached hydrogens (primary N) is 1. The van der Waals surface area contributed by atoms with Crippen molar-refractivity contribution in [2.75, 3.05) is 0 Å². The summed E-state index contributed by atoms with van der Waals surface area (Å²) in [4.78, 5) is 0.321. The first-order valence-corrected chi connectivity index (χ1v) is 7.02. The van der Waals surface area contributed by atoms with E-state index in [0.29, 0.717) is 10.7 Å².